The van der Waals surface area contributed by atoms with Crippen molar-refractivity contribution in [2.45, 2.75) is 25.8 Å². The Kier molecular flexibility index (Phi) is 4.38. The third-order valence-corrected chi connectivity index (χ3v) is 5.77. The van der Waals surface area contributed by atoms with Gasteiger partial charge < -0.3 is 9.32 Å². The van der Waals surface area contributed by atoms with Crippen LogP contribution in [0.25, 0.3) is 0 Å². The van der Waals surface area contributed by atoms with Gasteiger partial charge in [-0.3, -0.25) is 9.69 Å². The van der Waals surface area contributed by atoms with Crippen molar-refractivity contribution < 1.29 is 9.21 Å². The topological polar surface area (TPSA) is 36.7 Å². The summed E-state index contributed by atoms with van der Waals surface area (Å²) in [7, 11) is 2.21. The van der Waals surface area contributed by atoms with E-state index in [1.165, 1.54) is 5.56 Å². The third kappa shape index (κ3) is 3.23. The number of fused-ring (bicyclic) bond motifs is 1. The second kappa shape index (κ2) is 6.68. The lowest BCUT2D eigenvalue weighted by Crippen LogP contribution is -2.33. The molecule has 25 heavy (non-hydrogen) atoms. The molecule has 2 fully saturated rings. The van der Waals surface area contributed by atoms with Gasteiger partial charge in [0.15, 0.2) is 0 Å². The molecule has 2 aromatic rings. The number of aryl methyl sites for hydroxylation is 2. The fourth-order valence-electron chi connectivity index (χ4n) is 4.62. The van der Waals surface area contributed by atoms with Crippen LogP contribution < -0.4 is 0 Å². The van der Waals surface area contributed by atoms with Crippen molar-refractivity contribution >= 4 is 5.91 Å². The summed E-state index contributed by atoms with van der Waals surface area (Å²) in [6, 6.07) is 15.1. The Hall–Kier alpha value is -2.07. The van der Waals surface area contributed by atoms with Crippen molar-refractivity contribution in [1.29, 1.82) is 0 Å². The Morgan fingerprint density at radius 1 is 1.12 bits per heavy atom. The van der Waals surface area contributed by atoms with E-state index in [2.05, 4.69) is 47.2 Å². The van der Waals surface area contributed by atoms with Gasteiger partial charge in [-0.05, 0) is 37.6 Å². The summed E-state index contributed by atoms with van der Waals surface area (Å²) < 4.78 is 5.58. The van der Waals surface area contributed by atoms with Crippen LogP contribution in [0, 0.1) is 18.8 Å². The number of carbonyl (C=O) groups excluding carboxylic acids is 1. The van der Waals surface area contributed by atoms with Crippen LogP contribution in [0.1, 0.15) is 29.5 Å². The van der Waals surface area contributed by atoms with Gasteiger partial charge in [0.05, 0.1) is 0 Å². The van der Waals surface area contributed by atoms with Gasteiger partial charge in [0.2, 0.25) is 5.91 Å². The molecule has 3 atom stereocenters. The Labute approximate surface area is 149 Å². The van der Waals surface area contributed by atoms with E-state index in [4.69, 9.17) is 4.42 Å². The number of nitrogens with zero attached hydrogens (tertiary/aromatic N) is 2. The summed E-state index contributed by atoms with van der Waals surface area (Å²) in [5, 5.41) is 0. The molecule has 0 spiro atoms. The number of hydrogen-bond donors (Lipinski definition) is 0. The van der Waals surface area contributed by atoms with Crippen molar-refractivity contribution in [3.05, 3.63) is 59.5 Å². The molecule has 1 aromatic carbocycles. The van der Waals surface area contributed by atoms with Gasteiger partial charge in [-0.1, -0.05) is 30.3 Å². The molecule has 0 unspecified atom stereocenters. The van der Waals surface area contributed by atoms with Gasteiger partial charge in [0.1, 0.15) is 11.5 Å². The normalized spacial score (nSPS) is 26.2. The van der Waals surface area contributed by atoms with Crippen LogP contribution in [-0.4, -0.2) is 42.4 Å². The quantitative estimate of drug-likeness (QED) is 0.858. The van der Waals surface area contributed by atoms with Crippen LogP contribution in [0.3, 0.4) is 0 Å². The molecule has 0 N–H and O–H groups in total. The molecule has 2 saturated heterocycles. The molecule has 1 aromatic heterocycles. The van der Waals surface area contributed by atoms with E-state index < -0.39 is 0 Å². The van der Waals surface area contributed by atoms with Crippen molar-refractivity contribution in [2.24, 2.45) is 11.8 Å². The maximum atomic E-state index is 12.7. The van der Waals surface area contributed by atoms with E-state index >= 15 is 0 Å². The van der Waals surface area contributed by atoms with Gasteiger partial charge in [0.25, 0.3) is 0 Å². The molecule has 0 bridgehead atoms. The highest BCUT2D eigenvalue weighted by Gasteiger charge is 2.46. The van der Waals surface area contributed by atoms with Crippen molar-refractivity contribution in [3.63, 3.8) is 0 Å². The van der Waals surface area contributed by atoms with Crippen LogP contribution in [0.15, 0.2) is 46.9 Å². The number of likely N-dealkylation sites (tertiary alicyclic amines) is 2. The molecule has 0 saturated carbocycles. The summed E-state index contributed by atoms with van der Waals surface area (Å²) in [6.45, 7) is 4.79. The molecule has 132 valence electrons. The number of amides is 1. The lowest BCUT2D eigenvalue weighted by molar-refractivity contribution is -0.130. The van der Waals surface area contributed by atoms with Gasteiger partial charge in [-0.15, -0.1) is 0 Å². The van der Waals surface area contributed by atoms with Gasteiger partial charge in [-0.25, -0.2) is 0 Å². The first-order chi connectivity index (χ1) is 12.1. The average Bonchev–Trinajstić information content (AvgIpc) is 3.27. The molecule has 2 aliphatic rings. The fraction of sp³-hybridized carbons (Fsp3) is 0.476. The SMILES string of the molecule is Cc1ccc(CCC(=O)N2C[C@@H]3CN(C)[C@H](c4ccccc4)[C@@H]3C2)o1. The highest BCUT2D eigenvalue weighted by molar-refractivity contribution is 5.76. The summed E-state index contributed by atoms with van der Waals surface area (Å²) in [5.41, 5.74) is 1.37. The predicted molar refractivity (Wildman–Crippen MR) is 97.1 cm³/mol. The number of hydrogen-bond acceptors (Lipinski definition) is 3. The Morgan fingerprint density at radius 3 is 2.64 bits per heavy atom. The van der Waals surface area contributed by atoms with Crippen LogP contribution in [0.2, 0.25) is 0 Å². The lowest BCUT2D eigenvalue weighted by atomic mass is 9.90. The summed E-state index contributed by atoms with van der Waals surface area (Å²) in [6.07, 6.45) is 1.23. The first-order valence-electron chi connectivity index (χ1n) is 9.20. The van der Waals surface area contributed by atoms with E-state index in [0.717, 1.165) is 31.2 Å². The van der Waals surface area contributed by atoms with Gasteiger partial charge in [0, 0.05) is 44.4 Å². The second-order valence-electron chi connectivity index (χ2n) is 7.53. The number of rotatable bonds is 4. The zero-order valence-electron chi connectivity index (χ0n) is 15.0. The average molecular weight is 338 g/mol. The lowest BCUT2D eigenvalue weighted by Gasteiger charge is -2.27. The second-order valence-corrected chi connectivity index (χ2v) is 7.53. The van der Waals surface area contributed by atoms with Crippen molar-refractivity contribution in [2.75, 3.05) is 26.7 Å². The van der Waals surface area contributed by atoms with Crippen LogP contribution >= 0.6 is 0 Å². The summed E-state index contributed by atoms with van der Waals surface area (Å²) in [5.74, 6) is 3.21. The molecule has 3 heterocycles. The first-order valence-corrected chi connectivity index (χ1v) is 9.20. The standard InChI is InChI=1S/C21H26N2O2/c1-15-8-9-18(25-15)10-11-20(24)23-13-17-12-22(2)21(19(17)14-23)16-6-4-3-5-7-16/h3-9,17,19,21H,10-14H2,1-2H3/t17-,19+,21+/m0/s1. The van der Waals surface area contributed by atoms with E-state index in [1.54, 1.807) is 0 Å². The zero-order chi connectivity index (χ0) is 17.4. The van der Waals surface area contributed by atoms with Crippen LogP contribution in [0.4, 0.5) is 0 Å². The molecule has 4 rings (SSSR count). The van der Waals surface area contributed by atoms with E-state index in [0.29, 0.717) is 30.7 Å². The minimum Gasteiger partial charge on any atom is -0.466 e. The molecule has 2 aliphatic heterocycles. The third-order valence-electron chi connectivity index (χ3n) is 5.77. The van der Waals surface area contributed by atoms with Crippen LogP contribution in [-0.2, 0) is 11.2 Å². The zero-order valence-corrected chi connectivity index (χ0v) is 15.0. The molecule has 1 amide bonds. The fourth-order valence-corrected chi connectivity index (χ4v) is 4.62. The molecule has 4 nitrogen and oxygen atoms in total. The number of furan rings is 1. The predicted octanol–water partition coefficient (Wildman–Crippen LogP) is 3.28. The minimum absolute atomic E-state index is 0.262. The highest BCUT2D eigenvalue weighted by atomic mass is 16.3. The Bertz CT molecular complexity index is 739. The van der Waals surface area contributed by atoms with Crippen LogP contribution in [0.5, 0.6) is 0 Å². The maximum Gasteiger partial charge on any atom is 0.223 e. The summed E-state index contributed by atoms with van der Waals surface area (Å²) >= 11 is 0. The molecule has 4 heteroatoms. The smallest absolute Gasteiger partial charge is 0.223 e. The number of benzene rings is 1. The highest BCUT2D eigenvalue weighted by Crippen LogP contribution is 2.44. The molecule has 0 radical (unpaired) electrons. The molecular weight excluding hydrogens is 312 g/mol. The first kappa shape index (κ1) is 16.4. The maximum absolute atomic E-state index is 12.7. The number of carbonyl (C=O) groups is 1. The largest absolute Gasteiger partial charge is 0.466 e. The Balaban J connectivity index is 1.40. The van der Waals surface area contributed by atoms with Gasteiger partial charge in [-0.2, -0.15) is 0 Å². The molecule has 0 aliphatic carbocycles. The van der Waals surface area contributed by atoms with E-state index in [1.807, 2.05) is 19.1 Å². The van der Waals surface area contributed by atoms with Gasteiger partial charge >= 0.3 is 0 Å². The Morgan fingerprint density at radius 2 is 1.92 bits per heavy atom. The minimum atomic E-state index is 0.262. The van der Waals surface area contributed by atoms with Crippen molar-refractivity contribution in [1.82, 2.24) is 9.80 Å². The van der Waals surface area contributed by atoms with Crippen molar-refractivity contribution in [3.8, 4) is 0 Å². The molecular formula is C21H26N2O2. The monoisotopic (exact) mass is 338 g/mol. The van der Waals surface area contributed by atoms with E-state index in [-0.39, 0.29) is 5.91 Å². The summed E-state index contributed by atoms with van der Waals surface area (Å²) in [4.78, 5) is 17.2. The van der Waals surface area contributed by atoms with E-state index in [9.17, 15) is 4.79 Å².